The molecule has 0 aliphatic heterocycles. The van der Waals surface area contributed by atoms with E-state index < -0.39 is 0 Å². The van der Waals surface area contributed by atoms with Crippen LogP contribution in [-0.4, -0.2) is 37.0 Å². The van der Waals surface area contributed by atoms with Gasteiger partial charge in [-0.15, -0.1) is 0 Å². The van der Waals surface area contributed by atoms with Crippen LogP contribution in [0.5, 0.6) is 0 Å². The van der Waals surface area contributed by atoms with Crippen LogP contribution in [0, 0.1) is 0 Å². The molecule has 15 heavy (non-hydrogen) atoms. The molecule has 0 saturated heterocycles. The smallest absolute Gasteiger partial charge is 0.0642 e. The second-order valence-corrected chi connectivity index (χ2v) is 4.58. The van der Waals surface area contributed by atoms with Crippen molar-refractivity contribution in [2.24, 2.45) is 0 Å². The van der Waals surface area contributed by atoms with E-state index in [9.17, 15) is 0 Å². The molecule has 1 rings (SSSR count). The quantitative estimate of drug-likeness (QED) is 0.657. The zero-order valence-corrected chi connectivity index (χ0v) is 9.83. The number of allylic oxidation sites excluding steroid dienone is 1. The lowest BCUT2D eigenvalue weighted by atomic mass is 9.94. The van der Waals surface area contributed by atoms with Crippen LogP contribution in [-0.2, 0) is 4.74 Å². The van der Waals surface area contributed by atoms with E-state index in [0.29, 0.717) is 12.6 Å². The molecule has 1 aliphatic carbocycles. The number of aliphatic hydroxyl groups excluding tert-OH is 1. The van der Waals surface area contributed by atoms with Crippen molar-refractivity contribution in [1.29, 1.82) is 0 Å². The highest BCUT2D eigenvalue weighted by Gasteiger charge is 2.26. The molecule has 1 aliphatic rings. The van der Waals surface area contributed by atoms with Gasteiger partial charge in [0.1, 0.15) is 0 Å². The standard InChI is InChI=1S/C12H23NO2/c1-12(8-9-14,10-15-2)13-11-6-4-3-5-7-11/h4,6,11,13-14H,3,5,7-10H2,1-2H3/t11-,12-/m0/s1. The predicted molar refractivity (Wildman–Crippen MR) is 61.9 cm³/mol. The monoisotopic (exact) mass is 213 g/mol. The molecule has 88 valence electrons. The van der Waals surface area contributed by atoms with Gasteiger partial charge >= 0.3 is 0 Å². The third-order valence-corrected chi connectivity index (χ3v) is 2.91. The van der Waals surface area contributed by atoms with Crippen LogP contribution in [0.1, 0.15) is 32.6 Å². The summed E-state index contributed by atoms with van der Waals surface area (Å²) in [6, 6.07) is 0.436. The molecule has 3 nitrogen and oxygen atoms in total. The largest absolute Gasteiger partial charge is 0.396 e. The number of hydrogen-bond donors (Lipinski definition) is 2. The Morgan fingerprint density at radius 3 is 2.93 bits per heavy atom. The summed E-state index contributed by atoms with van der Waals surface area (Å²) >= 11 is 0. The van der Waals surface area contributed by atoms with Crippen LogP contribution in [0.3, 0.4) is 0 Å². The number of methoxy groups -OCH3 is 1. The van der Waals surface area contributed by atoms with E-state index in [-0.39, 0.29) is 12.1 Å². The van der Waals surface area contributed by atoms with E-state index >= 15 is 0 Å². The fraction of sp³-hybridized carbons (Fsp3) is 0.833. The molecule has 3 heteroatoms. The van der Waals surface area contributed by atoms with Gasteiger partial charge in [-0.2, -0.15) is 0 Å². The Kier molecular flexibility index (Phi) is 5.29. The molecule has 0 radical (unpaired) electrons. The molecular weight excluding hydrogens is 190 g/mol. The first-order valence-electron chi connectivity index (χ1n) is 5.74. The second-order valence-electron chi connectivity index (χ2n) is 4.58. The number of aliphatic hydroxyl groups is 1. The maximum atomic E-state index is 9.04. The molecule has 0 heterocycles. The molecule has 0 aromatic heterocycles. The van der Waals surface area contributed by atoms with Gasteiger partial charge in [0.2, 0.25) is 0 Å². The van der Waals surface area contributed by atoms with Gasteiger partial charge in [-0.25, -0.2) is 0 Å². The van der Waals surface area contributed by atoms with E-state index in [2.05, 4.69) is 24.4 Å². The molecule has 0 unspecified atom stereocenters. The third-order valence-electron chi connectivity index (χ3n) is 2.91. The van der Waals surface area contributed by atoms with E-state index in [4.69, 9.17) is 9.84 Å². The molecule has 0 saturated carbocycles. The minimum atomic E-state index is -0.115. The highest BCUT2D eigenvalue weighted by molar-refractivity contribution is 5.01. The van der Waals surface area contributed by atoms with Crippen LogP contribution < -0.4 is 5.32 Å². The molecule has 0 fully saturated rings. The number of hydrogen-bond acceptors (Lipinski definition) is 3. The van der Waals surface area contributed by atoms with Crippen molar-refractivity contribution in [1.82, 2.24) is 5.32 Å². The Labute approximate surface area is 92.5 Å². The van der Waals surface area contributed by atoms with Crippen molar-refractivity contribution in [2.75, 3.05) is 20.3 Å². The maximum absolute atomic E-state index is 9.04. The first-order chi connectivity index (χ1) is 7.20. The zero-order valence-electron chi connectivity index (χ0n) is 9.83. The molecule has 2 N–H and O–H groups in total. The summed E-state index contributed by atoms with van der Waals surface area (Å²) in [7, 11) is 1.70. The highest BCUT2D eigenvalue weighted by Crippen LogP contribution is 2.16. The topological polar surface area (TPSA) is 41.5 Å². The summed E-state index contributed by atoms with van der Waals surface area (Å²) < 4.78 is 5.20. The average Bonchev–Trinajstić information content (AvgIpc) is 2.19. The van der Waals surface area contributed by atoms with Crippen molar-refractivity contribution < 1.29 is 9.84 Å². The maximum Gasteiger partial charge on any atom is 0.0642 e. The number of ether oxygens (including phenoxy) is 1. The second kappa shape index (κ2) is 6.26. The van der Waals surface area contributed by atoms with Crippen LogP contribution in [0.4, 0.5) is 0 Å². The van der Waals surface area contributed by atoms with Crippen molar-refractivity contribution in [2.45, 2.75) is 44.2 Å². The van der Waals surface area contributed by atoms with Gasteiger partial charge in [-0.1, -0.05) is 12.2 Å². The summed E-state index contributed by atoms with van der Waals surface area (Å²) in [4.78, 5) is 0. The lowest BCUT2D eigenvalue weighted by Gasteiger charge is -2.34. The van der Waals surface area contributed by atoms with E-state index in [1.54, 1.807) is 7.11 Å². The van der Waals surface area contributed by atoms with Crippen molar-refractivity contribution in [3.8, 4) is 0 Å². The lowest BCUT2D eigenvalue weighted by molar-refractivity contribution is 0.0923. The molecule has 0 bridgehead atoms. The Morgan fingerprint density at radius 2 is 2.40 bits per heavy atom. The van der Waals surface area contributed by atoms with Gasteiger partial charge in [-0.05, 0) is 32.6 Å². The molecule has 0 amide bonds. The lowest BCUT2D eigenvalue weighted by Crippen LogP contribution is -2.51. The summed E-state index contributed by atoms with van der Waals surface area (Å²) in [5, 5.41) is 12.6. The number of nitrogens with one attached hydrogen (secondary N) is 1. The van der Waals surface area contributed by atoms with Gasteiger partial charge in [0.25, 0.3) is 0 Å². The molecular formula is C12H23NO2. The van der Waals surface area contributed by atoms with Crippen LogP contribution >= 0.6 is 0 Å². The van der Waals surface area contributed by atoms with Crippen molar-refractivity contribution in [3.05, 3.63) is 12.2 Å². The summed E-state index contributed by atoms with van der Waals surface area (Å²) in [6.07, 6.45) is 8.81. The van der Waals surface area contributed by atoms with Gasteiger partial charge in [0, 0.05) is 25.3 Å². The molecule has 0 spiro atoms. The summed E-state index contributed by atoms with van der Waals surface area (Å²) in [5.41, 5.74) is -0.115. The first-order valence-corrected chi connectivity index (χ1v) is 5.74. The van der Waals surface area contributed by atoms with E-state index in [0.717, 1.165) is 6.42 Å². The van der Waals surface area contributed by atoms with Crippen LogP contribution in [0.15, 0.2) is 12.2 Å². The van der Waals surface area contributed by atoms with Gasteiger partial charge in [0.15, 0.2) is 0 Å². The van der Waals surface area contributed by atoms with Gasteiger partial charge in [0.05, 0.1) is 6.61 Å². The first kappa shape index (κ1) is 12.7. The molecule has 0 aromatic rings. The predicted octanol–water partition coefficient (Wildman–Crippen LogP) is 1.47. The third kappa shape index (κ3) is 4.33. The van der Waals surface area contributed by atoms with Gasteiger partial charge in [-0.3, -0.25) is 0 Å². The van der Waals surface area contributed by atoms with E-state index in [1.807, 2.05) is 0 Å². The minimum absolute atomic E-state index is 0.115. The Morgan fingerprint density at radius 1 is 1.60 bits per heavy atom. The van der Waals surface area contributed by atoms with Crippen LogP contribution in [0.25, 0.3) is 0 Å². The summed E-state index contributed by atoms with van der Waals surface area (Å²) in [6.45, 7) is 2.94. The van der Waals surface area contributed by atoms with Crippen molar-refractivity contribution in [3.63, 3.8) is 0 Å². The Bertz CT molecular complexity index is 198. The molecule has 2 atom stereocenters. The Balaban J connectivity index is 2.48. The van der Waals surface area contributed by atoms with E-state index in [1.165, 1.54) is 19.3 Å². The normalized spacial score (nSPS) is 25.1. The fourth-order valence-electron chi connectivity index (χ4n) is 2.13. The van der Waals surface area contributed by atoms with Crippen LogP contribution in [0.2, 0.25) is 0 Å². The Hall–Kier alpha value is -0.380. The minimum Gasteiger partial charge on any atom is -0.396 e. The molecule has 0 aromatic carbocycles. The van der Waals surface area contributed by atoms with Crippen molar-refractivity contribution >= 4 is 0 Å². The fourth-order valence-corrected chi connectivity index (χ4v) is 2.13. The average molecular weight is 213 g/mol. The highest BCUT2D eigenvalue weighted by atomic mass is 16.5. The van der Waals surface area contributed by atoms with Gasteiger partial charge < -0.3 is 15.2 Å². The SMILES string of the molecule is COC[C@](C)(CCO)N[C@H]1C=CCCC1. The number of rotatable bonds is 6. The summed E-state index contributed by atoms with van der Waals surface area (Å²) in [5.74, 6) is 0. The zero-order chi connectivity index (χ0) is 11.1.